The molecule has 0 unspecified atom stereocenters. The molecule has 0 spiro atoms. The summed E-state index contributed by atoms with van der Waals surface area (Å²) in [6.45, 7) is 4.98. The Morgan fingerprint density at radius 1 is 0.969 bits per heavy atom. The fraction of sp³-hybridized carbons (Fsp3) is 0.280. The predicted octanol–water partition coefficient (Wildman–Crippen LogP) is 4.56. The SMILES string of the molecule is CC(C)N(CC(=O)N(Cc1ccc2c(c1)OCO2)Cc1cccs1)C(=O)c1ccccc1. The zero-order valence-electron chi connectivity index (χ0n) is 18.2. The monoisotopic (exact) mass is 450 g/mol. The molecule has 0 radical (unpaired) electrons. The summed E-state index contributed by atoms with van der Waals surface area (Å²) >= 11 is 1.61. The number of carbonyl (C=O) groups excluding carboxylic acids is 2. The molecule has 7 heteroatoms. The van der Waals surface area contributed by atoms with Gasteiger partial charge in [0.25, 0.3) is 5.91 Å². The Kier molecular flexibility index (Phi) is 6.75. The first kappa shape index (κ1) is 21.9. The van der Waals surface area contributed by atoms with Crippen LogP contribution in [0.3, 0.4) is 0 Å². The van der Waals surface area contributed by atoms with E-state index in [1.165, 1.54) is 0 Å². The molecular formula is C25H26N2O4S. The Morgan fingerprint density at radius 2 is 1.75 bits per heavy atom. The first-order valence-corrected chi connectivity index (χ1v) is 11.4. The van der Waals surface area contributed by atoms with E-state index in [1.807, 2.05) is 67.8 Å². The lowest BCUT2D eigenvalue weighted by Crippen LogP contribution is -2.45. The third kappa shape index (κ3) is 5.11. The van der Waals surface area contributed by atoms with Crippen molar-refractivity contribution in [3.8, 4) is 11.5 Å². The van der Waals surface area contributed by atoms with Gasteiger partial charge in [-0.05, 0) is 55.1 Å². The predicted molar refractivity (Wildman–Crippen MR) is 124 cm³/mol. The van der Waals surface area contributed by atoms with Gasteiger partial charge in [-0.25, -0.2) is 0 Å². The van der Waals surface area contributed by atoms with E-state index in [1.54, 1.807) is 33.3 Å². The molecule has 1 aliphatic rings. The molecule has 166 valence electrons. The maximum atomic E-state index is 13.4. The smallest absolute Gasteiger partial charge is 0.254 e. The molecule has 4 rings (SSSR count). The minimum Gasteiger partial charge on any atom is -0.454 e. The Morgan fingerprint density at radius 3 is 2.47 bits per heavy atom. The van der Waals surface area contributed by atoms with E-state index in [-0.39, 0.29) is 31.2 Å². The third-order valence-electron chi connectivity index (χ3n) is 5.30. The van der Waals surface area contributed by atoms with Crippen LogP contribution in [-0.2, 0) is 17.9 Å². The second-order valence-electron chi connectivity index (χ2n) is 7.91. The van der Waals surface area contributed by atoms with Crippen molar-refractivity contribution >= 4 is 23.2 Å². The van der Waals surface area contributed by atoms with Crippen molar-refractivity contribution in [3.63, 3.8) is 0 Å². The van der Waals surface area contributed by atoms with E-state index < -0.39 is 0 Å². The lowest BCUT2D eigenvalue weighted by molar-refractivity contribution is -0.133. The fourth-order valence-corrected chi connectivity index (χ4v) is 4.28. The summed E-state index contributed by atoms with van der Waals surface area (Å²) in [4.78, 5) is 31.0. The summed E-state index contributed by atoms with van der Waals surface area (Å²) < 4.78 is 10.9. The zero-order valence-corrected chi connectivity index (χ0v) is 19.0. The Labute approximate surface area is 192 Å². The standard InChI is InChI=1S/C25H26N2O4S/c1-18(2)27(25(29)20-7-4-3-5-8-20)16-24(28)26(15-21-9-6-12-32-21)14-19-10-11-22-23(13-19)31-17-30-22/h3-13,18H,14-17H2,1-2H3. The largest absolute Gasteiger partial charge is 0.454 e. The van der Waals surface area contributed by atoms with Crippen molar-refractivity contribution in [1.29, 1.82) is 0 Å². The number of rotatable bonds is 8. The van der Waals surface area contributed by atoms with Gasteiger partial charge in [-0.1, -0.05) is 30.3 Å². The molecular weight excluding hydrogens is 424 g/mol. The van der Waals surface area contributed by atoms with Gasteiger partial charge in [0.15, 0.2) is 11.5 Å². The van der Waals surface area contributed by atoms with Gasteiger partial charge < -0.3 is 19.3 Å². The van der Waals surface area contributed by atoms with Crippen molar-refractivity contribution in [3.05, 3.63) is 82.0 Å². The topological polar surface area (TPSA) is 59.1 Å². The fourth-order valence-electron chi connectivity index (χ4n) is 3.56. The molecule has 1 aromatic heterocycles. The van der Waals surface area contributed by atoms with Gasteiger partial charge in [-0.15, -0.1) is 11.3 Å². The minimum absolute atomic E-state index is 0.0152. The van der Waals surface area contributed by atoms with Gasteiger partial charge in [-0.3, -0.25) is 9.59 Å². The van der Waals surface area contributed by atoms with Gasteiger partial charge >= 0.3 is 0 Å². The highest BCUT2D eigenvalue weighted by Crippen LogP contribution is 2.33. The molecule has 32 heavy (non-hydrogen) atoms. The lowest BCUT2D eigenvalue weighted by Gasteiger charge is -2.30. The van der Waals surface area contributed by atoms with Crippen LogP contribution in [-0.4, -0.2) is 41.0 Å². The molecule has 0 saturated carbocycles. The van der Waals surface area contributed by atoms with E-state index in [0.717, 1.165) is 10.4 Å². The molecule has 1 aliphatic heterocycles. The van der Waals surface area contributed by atoms with Crippen LogP contribution in [0.2, 0.25) is 0 Å². The molecule has 3 aromatic rings. The first-order valence-electron chi connectivity index (χ1n) is 10.6. The number of hydrogen-bond acceptors (Lipinski definition) is 5. The highest BCUT2D eigenvalue weighted by molar-refractivity contribution is 7.09. The Bertz CT molecular complexity index is 1070. The zero-order chi connectivity index (χ0) is 22.5. The highest BCUT2D eigenvalue weighted by Gasteiger charge is 2.25. The number of amides is 2. The van der Waals surface area contributed by atoms with Crippen LogP contribution < -0.4 is 9.47 Å². The number of hydrogen-bond donors (Lipinski definition) is 0. The molecule has 2 aromatic carbocycles. The molecule has 0 atom stereocenters. The van der Waals surface area contributed by atoms with Gasteiger partial charge in [-0.2, -0.15) is 0 Å². The molecule has 2 amide bonds. The van der Waals surface area contributed by atoms with Gasteiger partial charge in [0.05, 0.1) is 6.54 Å². The molecule has 0 aliphatic carbocycles. The molecule has 0 fully saturated rings. The average molecular weight is 451 g/mol. The minimum atomic E-state index is -0.145. The quantitative estimate of drug-likeness (QED) is 0.505. The normalized spacial score (nSPS) is 12.1. The number of ether oxygens (including phenoxy) is 2. The summed E-state index contributed by atoms with van der Waals surface area (Å²) in [5.41, 5.74) is 1.53. The van der Waals surface area contributed by atoms with Crippen molar-refractivity contribution in [2.24, 2.45) is 0 Å². The van der Waals surface area contributed by atoms with Gasteiger partial charge in [0.2, 0.25) is 12.7 Å². The highest BCUT2D eigenvalue weighted by atomic mass is 32.1. The van der Waals surface area contributed by atoms with Crippen LogP contribution in [0.1, 0.15) is 34.6 Å². The lowest BCUT2D eigenvalue weighted by atomic mass is 10.1. The van der Waals surface area contributed by atoms with Crippen molar-refractivity contribution in [2.75, 3.05) is 13.3 Å². The second kappa shape index (κ2) is 9.87. The summed E-state index contributed by atoms with van der Waals surface area (Å²) in [7, 11) is 0. The van der Waals surface area contributed by atoms with Crippen LogP contribution in [0.25, 0.3) is 0 Å². The number of fused-ring (bicyclic) bond motifs is 1. The molecule has 0 saturated heterocycles. The summed E-state index contributed by atoms with van der Waals surface area (Å²) in [5, 5.41) is 2.00. The van der Waals surface area contributed by atoms with Crippen LogP contribution in [0.5, 0.6) is 11.5 Å². The number of thiophene rings is 1. The first-order chi connectivity index (χ1) is 15.5. The van der Waals surface area contributed by atoms with E-state index in [2.05, 4.69) is 0 Å². The average Bonchev–Trinajstić information content (AvgIpc) is 3.48. The van der Waals surface area contributed by atoms with Crippen LogP contribution >= 0.6 is 11.3 Å². The second-order valence-corrected chi connectivity index (χ2v) is 8.94. The number of nitrogens with zero attached hydrogens (tertiary/aromatic N) is 2. The summed E-state index contributed by atoms with van der Waals surface area (Å²) in [6, 6.07) is 18.7. The summed E-state index contributed by atoms with van der Waals surface area (Å²) in [5.74, 6) is 1.15. The van der Waals surface area contributed by atoms with Crippen LogP contribution in [0.15, 0.2) is 66.0 Å². The van der Waals surface area contributed by atoms with E-state index >= 15 is 0 Å². The van der Waals surface area contributed by atoms with Gasteiger partial charge in [0.1, 0.15) is 6.54 Å². The number of benzene rings is 2. The molecule has 0 bridgehead atoms. The molecule has 2 heterocycles. The Hall–Kier alpha value is -3.32. The molecule has 6 nitrogen and oxygen atoms in total. The van der Waals surface area contributed by atoms with Crippen molar-refractivity contribution in [2.45, 2.75) is 33.0 Å². The van der Waals surface area contributed by atoms with Crippen LogP contribution in [0.4, 0.5) is 0 Å². The third-order valence-corrected chi connectivity index (χ3v) is 6.16. The maximum Gasteiger partial charge on any atom is 0.254 e. The maximum absolute atomic E-state index is 13.4. The van der Waals surface area contributed by atoms with E-state index in [0.29, 0.717) is 30.2 Å². The summed E-state index contributed by atoms with van der Waals surface area (Å²) in [6.07, 6.45) is 0. The van der Waals surface area contributed by atoms with Crippen molar-refractivity contribution in [1.82, 2.24) is 9.80 Å². The van der Waals surface area contributed by atoms with Crippen molar-refractivity contribution < 1.29 is 19.1 Å². The number of carbonyl (C=O) groups is 2. The van der Waals surface area contributed by atoms with E-state index in [4.69, 9.17) is 9.47 Å². The van der Waals surface area contributed by atoms with E-state index in [9.17, 15) is 9.59 Å². The van der Waals surface area contributed by atoms with Crippen LogP contribution in [0, 0.1) is 0 Å². The van der Waals surface area contributed by atoms with Gasteiger partial charge in [0, 0.05) is 23.0 Å². The molecule has 0 N–H and O–H groups in total. The Balaban J connectivity index is 1.54.